The first-order valence-corrected chi connectivity index (χ1v) is 5.73. The Labute approximate surface area is 104 Å². The molecule has 1 aromatic rings. The van der Waals surface area contributed by atoms with Crippen molar-refractivity contribution in [2.45, 2.75) is 25.8 Å². The van der Waals surface area contributed by atoms with Gasteiger partial charge in [0.1, 0.15) is 5.75 Å². The first-order chi connectivity index (χ1) is 8.56. The number of hydrogen-bond donors (Lipinski definition) is 1. The number of nitrogens with one attached hydrogen (secondary N) is 1. The molecule has 0 radical (unpaired) electrons. The quantitative estimate of drug-likeness (QED) is 0.635. The second-order valence-electron chi connectivity index (χ2n) is 4.34. The molecule has 6 nitrogen and oxygen atoms in total. The van der Waals surface area contributed by atoms with Crippen LogP contribution in [0.3, 0.4) is 0 Å². The third-order valence-corrected chi connectivity index (χ3v) is 2.68. The van der Waals surface area contributed by atoms with E-state index in [-0.39, 0.29) is 18.2 Å². The average Bonchev–Trinajstić information content (AvgIpc) is 3.10. The van der Waals surface area contributed by atoms with Crippen molar-refractivity contribution >= 4 is 11.6 Å². The fourth-order valence-corrected chi connectivity index (χ4v) is 1.57. The zero-order valence-electron chi connectivity index (χ0n) is 10.0. The number of hydrogen-bond acceptors (Lipinski definition) is 4. The fraction of sp³-hybridized carbons (Fsp3) is 0.417. The van der Waals surface area contributed by atoms with Crippen molar-refractivity contribution in [2.24, 2.45) is 0 Å². The summed E-state index contributed by atoms with van der Waals surface area (Å²) >= 11 is 0. The number of nitrogens with zero attached hydrogens (tertiary/aromatic N) is 1. The SMILES string of the molecule is Cc1cc(OCC(=O)NC2CC2)ccc1[N+](=O)[O-]. The monoisotopic (exact) mass is 250 g/mol. The molecular formula is C12H14N2O4. The largest absolute Gasteiger partial charge is 0.484 e. The Bertz CT molecular complexity index is 483. The van der Waals surface area contributed by atoms with Crippen molar-refractivity contribution in [1.29, 1.82) is 0 Å². The van der Waals surface area contributed by atoms with E-state index < -0.39 is 4.92 Å². The van der Waals surface area contributed by atoms with Crippen molar-refractivity contribution in [1.82, 2.24) is 5.32 Å². The summed E-state index contributed by atoms with van der Waals surface area (Å²) in [6, 6.07) is 4.74. The molecule has 1 aromatic carbocycles. The molecule has 6 heteroatoms. The molecule has 0 spiro atoms. The Kier molecular flexibility index (Phi) is 3.45. The third-order valence-electron chi connectivity index (χ3n) is 2.68. The number of rotatable bonds is 5. The number of nitro groups is 1. The van der Waals surface area contributed by atoms with Crippen molar-refractivity contribution in [3.63, 3.8) is 0 Å². The molecule has 2 rings (SSSR count). The molecule has 0 aromatic heterocycles. The van der Waals surface area contributed by atoms with Gasteiger partial charge >= 0.3 is 0 Å². The van der Waals surface area contributed by atoms with E-state index in [0.29, 0.717) is 17.4 Å². The van der Waals surface area contributed by atoms with Gasteiger partial charge in [0.15, 0.2) is 6.61 Å². The van der Waals surface area contributed by atoms with Gasteiger partial charge in [-0.2, -0.15) is 0 Å². The lowest BCUT2D eigenvalue weighted by molar-refractivity contribution is -0.385. The molecule has 0 saturated heterocycles. The highest BCUT2D eigenvalue weighted by Gasteiger charge is 2.23. The van der Waals surface area contributed by atoms with E-state index in [9.17, 15) is 14.9 Å². The molecule has 1 fully saturated rings. The average molecular weight is 250 g/mol. The summed E-state index contributed by atoms with van der Waals surface area (Å²) in [6.07, 6.45) is 2.06. The van der Waals surface area contributed by atoms with Gasteiger partial charge in [0, 0.05) is 17.7 Å². The van der Waals surface area contributed by atoms with Gasteiger partial charge < -0.3 is 10.1 Å². The normalized spacial score (nSPS) is 14.1. The van der Waals surface area contributed by atoms with Crippen LogP contribution in [0.4, 0.5) is 5.69 Å². The maximum absolute atomic E-state index is 11.4. The predicted octanol–water partition coefficient (Wildman–Crippen LogP) is 1.56. The summed E-state index contributed by atoms with van der Waals surface area (Å²) in [6.45, 7) is 1.57. The number of carbonyl (C=O) groups excluding carboxylic acids is 1. The van der Waals surface area contributed by atoms with Gasteiger partial charge in [-0.25, -0.2) is 0 Å². The van der Waals surface area contributed by atoms with Gasteiger partial charge in [-0.05, 0) is 31.9 Å². The van der Waals surface area contributed by atoms with E-state index in [2.05, 4.69) is 5.32 Å². The van der Waals surface area contributed by atoms with Crippen LogP contribution in [0.15, 0.2) is 18.2 Å². The molecule has 1 amide bonds. The molecule has 0 aliphatic heterocycles. The summed E-state index contributed by atoms with van der Waals surface area (Å²) in [5.74, 6) is 0.303. The molecule has 1 saturated carbocycles. The molecule has 0 bridgehead atoms. The van der Waals surface area contributed by atoms with Gasteiger partial charge in [-0.15, -0.1) is 0 Å². The molecule has 1 aliphatic rings. The van der Waals surface area contributed by atoms with E-state index in [0.717, 1.165) is 12.8 Å². The minimum absolute atomic E-state index is 0.0461. The van der Waals surface area contributed by atoms with Gasteiger partial charge in [0.05, 0.1) is 4.92 Å². The van der Waals surface area contributed by atoms with E-state index >= 15 is 0 Å². The van der Waals surface area contributed by atoms with Gasteiger partial charge in [0.25, 0.3) is 11.6 Å². The fourth-order valence-electron chi connectivity index (χ4n) is 1.57. The number of nitro benzene ring substituents is 1. The van der Waals surface area contributed by atoms with Crippen LogP contribution in [-0.2, 0) is 4.79 Å². The molecule has 18 heavy (non-hydrogen) atoms. The van der Waals surface area contributed by atoms with E-state index in [1.54, 1.807) is 13.0 Å². The van der Waals surface area contributed by atoms with Gasteiger partial charge in [-0.1, -0.05) is 0 Å². The molecule has 0 atom stereocenters. The van der Waals surface area contributed by atoms with Crippen LogP contribution in [0.1, 0.15) is 18.4 Å². The third kappa shape index (κ3) is 3.19. The summed E-state index contributed by atoms with van der Waals surface area (Å²) in [5.41, 5.74) is 0.560. The van der Waals surface area contributed by atoms with E-state index in [1.807, 2.05) is 0 Å². The second kappa shape index (κ2) is 5.03. The number of benzene rings is 1. The maximum atomic E-state index is 11.4. The first-order valence-electron chi connectivity index (χ1n) is 5.73. The van der Waals surface area contributed by atoms with Crippen molar-refractivity contribution in [3.8, 4) is 5.75 Å². The smallest absolute Gasteiger partial charge is 0.272 e. The van der Waals surface area contributed by atoms with Crippen LogP contribution in [0, 0.1) is 17.0 Å². The standard InChI is InChI=1S/C12H14N2O4/c1-8-6-10(4-5-11(8)14(16)17)18-7-12(15)13-9-2-3-9/h4-6,9H,2-3,7H2,1H3,(H,13,15). The summed E-state index contributed by atoms with van der Waals surface area (Å²) < 4.78 is 5.28. The number of amides is 1. The number of ether oxygens (including phenoxy) is 1. The Hall–Kier alpha value is -2.11. The van der Waals surface area contributed by atoms with E-state index in [4.69, 9.17) is 4.74 Å². The Morgan fingerprint density at radius 3 is 2.83 bits per heavy atom. The molecule has 1 N–H and O–H groups in total. The molecule has 96 valence electrons. The Morgan fingerprint density at radius 2 is 2.28 bits per heavy atom. The molecule has 1 aliphatic carbocycles. The molecule has 0 heterocycles. The Morgan fingerprint density at radius 1 is 1.56 bits per heavy atom. The van der Waals surface area contributed by atoms with Crippen molar-refractivity contribution < 1.29 is 14.5 Å². The lowest BCUT2D eigenvalue weighted by atomic mass is 10.2. The highest BCUT2D eigenvalue weighted by molar-refractivity contribution is 5.78. The minimum Gasteiger partial charge on any atom is -0.484 e. The van der Waals surface area contributed by atoms with Crippen LogP contribution in [0.2, 0.25) is 0 Å². The summed E-state index contributed by atoms with van der Waals surface area (Å²) in [7, 11) is 0. The summed E-state index contributed by atoms with van der Waals surface area (Å²) in [5, 5.41) is 13.4. The van der Waals surface area contributed by atoms with Crippen molar-refractivity contribution in [3.05, 3.63) is 33.9 Å². The molecular weight excluding hydrogens is 236 g/mol. The van der Waals surface area contributed by atoms with Crippen LogP contribution < -0.4 is 10.1 Å². The maximum Gasteiger partial charge on any atom is 0.272 e. The zero-order valence-corrected chi connectivity index (χ0v) is 10.0. The summed E-state index contributed by atoms with van der Waals surface area (Å²) in [4.78, 5) is 21.6. The topological polar surface area (TPSA) is 81.5 Å². The lowest BCUT2D eigenvalue weighted by Gasteiger charge is -2.07. The van der Waals surface area contributed by atoms with Gasteiger partial charge in [-0.3, -0.25) is 14.9 Å². The lowest BCUT2D eigenvalue weighted by Crippen LogP contribution is -2.30. The van der Waals surface area contributed by atoms with Crippen LogP contribution in [-0.4, -0.2) is 23.5 Å². The number of carbonyl (C=O) groups is 1. The zero-order chi connectivity index (χ0) is 13.1. The highest BCUT2D eigenvalue weighted by atomic mass is 16.6. The Balaban J connectivity index is 1.90. The second-order valence-corrected chi connectivity index (χ2v) is 4.34. The van der Waals surface area contributed by atoms with Gasteiger partial charge in [0.2, 0.25) is 0 Å². The van der Waals surface area contributed by atoms with Crippen LogP contribution in [0.5, 0.6) is 5.75 Å². The highest BCUT2D eigenvalue weighted by Crippen LogP contribution is 2.23. The number of aryl methyl sites for hydroxylation is 1. The first kappa shape index (κ1) is 12.3. The molecule has 0 unspecified atom stereocenters. The van der Waals surface area contributed by atoms with Crippen molar-refractivity contribution in [2.75, 3.05) is 6.61 Å². The van der Waals surface area contributed by atoms with E-state index in [1.165, 1.54) is 12.1 Å². The predicted molar refractivity (Wildman–Crippen MR) is 64.5 cm³/mol. The van der Waals surface area contributed by atoms with Crippen LogP contribution in [0.25, 0.3) is 0 Å². The van der Waals surface area contributed by atoms with Crippen LogP contribution >= 0.6 is 0 Å². The minimum atomic E-state index is -0.446.